The molecule has 1 aliphatic heterocycles. The Bertz CT molecular complexity index is 974. The molecule has 1 amide bonds. The molecule has 0 saturated heterocycles. The van der Waals surface area contributed by atoms with Crippen molar-refractivity contribution < 1.29 is 9.59 Å². The van der Waals surface area contributed by atoms with Gasteiger partial charge in [-0.15, -0.1) is 0 Å². The van der Waals surface area contributed by atoms with Crippen molar-refractivity contribution in [2.24, 2.45) is 0 Å². The highest BCUT2D eigenvalue weighted by Gasteiger charge is 2.26. The molecule has 9 nitrogen and oxygen atoms in total. The van der Waals surface area contributed by atoms with Crippen molar-refractivity contribution in [1.82, 2.24) is 24.6 Å². The number of aromatic nitrogens is 4. The highest BCUT2D eigenvalue weighted by atomic mass is 16.2. The molecule has 1 aliphatic rings. The molecule has 0 saturated carbocycles. The summed E-state index contributed by atoms with van der Waals surface area (Å²) in [5.41, 5.74) is 8.56. The van der Waals surface area contributed by atoms with Crippen molar-refractivity contribution in [1.29, 1.82) is 0 Å². The van der Waals surface area contributed by atoms with E-state index in [9.17, 15) is 14.4 Å². The molecule has 0 unspecified atom stereocenters. The summed E-state index contributed by atoms with van der Waals surface area (Å²) >= 11 is 0. The molecular formula is C18H24N6O3. The highest BCUT2D eigenvalue weighted by Crippen LogP contribution is 2.22. The molecule has 144 valence electrons. The number of amides is 1. The van der Waals surface area contributed by atoms with Crippen LogP contribution in [0.1, 0.15) is 59.3 Å². The summed E-state index contributed by atoms with van der Waals surface area (Å²) in [5.74, 6) is -0.0251. The van der Waals surface area contributed by atoms with Crippen molar-refractivity contribution in [2.45, 2.75) is 53.1 Å². The summed E-state index contributed by atoms with van der Waals surface area (Å²) in [6.07, 6.45) is 0.694. The largest absolute Gasteiger partial charge is 0.369 e. The number of nitrogen functional groups attached to an aromatic ring is 1. The van der Waals surface area contributed by atoms with Crippen LogP contribution in [0.15, 0.2) is 4.79 Å². The second-order valence-electron chi connectivity index (χ2n) is 7.04. The van der Waals surface area contributed by atoms with Crippen LogP contribution >= 0.6 is 0 Å². The molecule has 27 heavy (non-hydrogen) atoms. The van der Waals surface area contributed by atoms with E-state index in [4.69, 9.17) is 5.73 Å². The lowest BCUT2D eigenvalue weighted by Crippen LogP contribution is -2.40. The molecule has 0 fully saturated rings. The lowest BCUT2D eigenvalue weighted by Gasteiger charge is -2.29. The van der Waals surface area contributed by atoms with Gasteiger partial charge in [0.25, 0.3) is 5.56 Å². The van der Waals surface area contributed by atoms with Gasteiger partial charge in [-0.1, -0.05) is 0 Å². The molecule has 0 aromatic carbocycles. The van der Waals surface area contributed by atoms with E-state index in [0.29, 0.717) is 35.5 Å². The van der Waals surface area contributed by atoms with E-state index >= 15 is 0 Å². The van der Waals surface area contributed by atoms with Crippen molar-refractivity contribution in [3.05, 3.63) is 38.6 Å². The maximum absolute atomic E-state index is 12.8. The molecule has 2 aromatic rings. The lowest BCUT2D eigenvalue weighted by molar-refractivity contribution is -0.133. The van der Waals surface area contributed by atoms with Crippen molar-refractivity contribution in [3.8, 4) is 0 Å². The number of aromatic amines is 1. The SMILES string of the molecule is CC(=O)c1c(C)nn([C@@H](C)CC(=O)N2CCc3c(nc(N)[nH]c3=O)C2)c1C. The summed E-state index contributed by atoms with van der Waals surface area (Å²) in [5, 5.41) is 4.44. The predicted octanol–water partition coefficient (Wildman–Crippen LogP) is 0.904. The zero-order valence-electron chi connectivity index (χ0n) is 16.0. The molecule has 0 aliphatic carbocycles. The van der Waals surface area contributed by atoms with Crippen LogP contribution < -0.4 is 11.3 Å². The number of rotatable bonds is 4. The Labute approximate surface area is 156 Å². The maximum Gasteiger partial charge on any atom is 0.255 e. The summed E-state index contributed by atoms with van der Waals surface area (Å²) in [7, 11) is 0. The second kappa shape index (κ2) is 6.98. The van der Waals surface area contributed by atoms with E-state index in [1.807, 2.05) is 13.8 Å². The number of aryl methyl sites for hydroxylation is 1. The van der Waals surface area contributed by atoms with Crippen LogP contribution in [0.5, 0.6) is 0 Å². The molecule has 3 rings (SSSR count). The van der Waals surface area contributed by atoms with Crippen LogP contribution in [0.4, 0.5) is 5.95 Å². The van der Waals surface area contributed by atoms with E-state index < -0.39 is 0 Å². The standard InChI is InChI=1S/C18H24N6O3/c1-9(24-11(3)16(12(4)25)10(2)22-24)7-15(26)23-6-5-13-14(8-23)20-18(19)21-17(13)27/h9H,5-8H2,1-4H3,(H3,19,20,21,27)/t9-/m0/s1. The van der Waals surface area contributed by atoms with Crippen LogP contribution in [0.2, 0.25) is 0 Å². The third-order valence-electron chi connectivity index (χ3n) is 5.01. The van der Waals surface area contributed by atoms with E-state index in [-0.39, 0.29) is 42.2 Å². The first-order chi connectivity index (χ1) is 12.7. The number of fused-ring (bicyclic) bond motifs is 1. The van der Waals surface area contributed by atoms with Gasteiger partial charge in [-0.25, -0.2) is 4.98 Å². The van der Waals surface area contributed by atoms with Crippen molar-refractivity contribution in [3.63, 3.8) is 0 Å². The third kappa shape index (κ3) is 3.49. The number of anilines is 1. The second-order valence-corrected chi connectivity index (χ2v) is 7.04. The number of carbonyl (C=O) groups excluding carboxylic acids is 2. The van der Waals surface area contributed by atoms with Crippen molar-refractivity contribution >= 4 is 17.6 Å². The first kappa shape index (κ1) is 18.8. The van der Waals surface area contributed by atoms with Crippen LogP contribution in [0.25, 0.3) is 0 Å². The first-order valence-electron chi connectivity index (χ1n) is 8.91. The summed E-state index contributed by atoms with van der Waals surface area (Å²) in [6.45, 7) is 7.79. The quantitative estimate of drug-likeness (QED) is 0.768. The molecule has 3 N–H and O–H groups in total. The smallest absolute Gasteiger partial charge is 0.255 e. The maximum atomic E-state index is 12.8. The summed E-state index contributed by atoms with van der Waals surface area (Å²) < 4.78 is 1.74. The van der Waals surface area contributed by atoms with Crippen LogP contribution in [0, 0.1) is 13.8 Å². The monoisotopic (exact) mass is 372 g/mol. The van der Waals surface area contributed by atoms with Gasteiger partial charge in [-0.05, 0) is 34.1 Å². The Balaban J connectivity index is 1.75. The van der Waals surface area contributed by atoms with Crippen molar-refractivity contribution in [2.75, 3.05) is 12.3 Å². The van der Waals surface area contributed by atoms with Gasteiger partial charge in [-0.3, -0.25) is 24.0 Å². The fourth-order valence-corrected chi connectivity index (χ4v) is 3.74. The lowest BCUT2D eigenvalue weighted by atomic mass is 10.1. The molecule has 2 aromatic heterocycles. The van der Waals surface area contributed by atoms with Gasteiger partial charge in [0.1, 0.15) is 0 Å². The number of H-pyrrole nitrogens is 1. The van der Waals surface area contributed by atoms with E-state index in [0.717, 1.165) is 5.69 Å². The van der Waals surface area contributed by atoms with Gasteiger partial charge in [-0.2, -0.15) is 5.10 Å². The van der Waals surface area contributed by atoms with Gasteiger partial charge in [0.2, 0.25) is 11.9 Å². The average Bonchev–Trinajstić information content (AvgIpc) is 2.88. The Morgan fingerprint density at radius 2 is 2.04 bits per heavy atom. The minimum atomic E-state index is -0.239. The van der Waals surface area contributed by atoms with Crippen LogP contribution in [0.3, 0.4) is 0 Å². The predicted molar refractivity (Wildman–Crippen MR) is 99.4 cm³/mol. The normalized spacial score (nSPS) is 14.7. The molecule has 9 heteroatoms. The molecule has 1 atom stereocenters. The zero-order chi connectivity index (χ0) is 19.9. The number of Topliss-reactive ketones (excluding diaryl/α,β-unsaturated/α-hetero) is 1. The van der Waals surface area contributed by atoms with E-state index in [1.54, 1.807) is 16.5 Å². The summed E-state index contributed by atoms with van der Waals surface area (Å²) in [4.78, 5) is 44.8. The number of nitrogens with one attached hydrogen (secondary N) is 1. The fraction of sp³-hybridized carbons (Fsp3) is 0.500. The molecule has 0 spiro atoms. The number of carbonyl (C=O) groups is 2. The number of nitrogens with zero attached hydrogens (tertiary/aromatic N) is 4. The number of hydrogen-bond donors (Lipinski definition) is 2. The fourth-order valence-electron chi connectivity index (χ4n) is 3.74. The molecular weight excluding hydrogens is 348 g/mol. The number of hydrogen-bond acceptors (Lipinski definition) is 6. The molecule has 0 radical (unpaired) electrons. The highest BCUT2D eigenvalue weighted by molar-refractivity contribution is 5.96. The number of nitrogens with two attached hydrogens (primary N) is 1. The van der Waals surface area contributed by atoms with E-state index in [1.165, 1.54) is 6.92 Å². The topological polar surface area (TPSA) is 127 Å². The zero-order valence-corrected chi connectivity index (χ0v) is 16.0. The third-order valence-corrected chi connectivity index (χ3v) is 5.01. The van der Waals surface area contributed by atoms with Gasteiger partial charge in [0.05, 0.1) is 29.5 Å². The number of ketones is 1. The summed E-state index contributed by atoms with van der Waals surface area (Å²) in [6, 6.07) is -0.192. The minimum absolute atomic E-state index is 0.0312. The molecule has 0 bridgehead atoms. The van der Waals surface area contributed by atoms with Gasteiger partial charge in [0.15, 0.2) is 5.78 Å². The van der Waals surface area contributed by atoms with Crippen LogP contribution in [-0.2, 0) is 17.8 Å². The average molecular weight is 372 g/mol. The first-order valence-corrected chi connectivity index (χ1v) is 8.91. The van der Waals surface area contributed by atoms with Gasteiger partial charge in [0, 0.05) is 24.2 Å². The van der Waals surface area contributed by atoms with Gasteiger partial charge < -0.3 is 10.6 Å². The molecule has 3 heterocycles. The minimum Gasteiger partial charge on any atom is -0.369 e. The Hall–Kier alpha value is -2.97. The van der Waals surface area contributed by atoms with E-state index in [2.05, 4.69) is 15.1 Å². The van der Waals surface area contributed by atoms with Gasteiger partial charge >= 0.3 is 0 Å². The Morgan fingerprint density at radius 3 is 2.67 bits per heavy atom. The Kier molecular flexibility index (Phi) is 4.86. The Morgan fingerprint density at radius 1 is 1.33 bits per heavy atom. The van der Waals surface area contributed by atoms with Crippen LogP contribution in [-0.4, -0.2) is 42.9 Å².